The molecule has 0 saturated heterocycles. The molecule has 0 fully saturated rings. The van der Waals surface area contributed by atoms with E-state index in [9.17, 15) is 4.79 Å². The van der Waals surface area contributed by atoms with Crippen molar-refractivity contribution in [3.63, 3.8) is 0 Å². The van der Waals surface area contributed by atoms with Crippen LogP contribution in [0, 0.1) is 0 Å². The molecule has 1 N–H and O–H groups in total. The van der Waals surface area contributed by atoms with E-state index in [0.717, 1.165) is 31.1 Å². The monoisotopic (exact) mass is 519 g/mol. The molecule has 4 rings (SSSR count). The van der Waals surface area contributed by atoms with E-state index in [4.69, 9.17) is 14.2 Å². The van der Waals surface area contributed by atoms with Crippen molar-refractivity contribution in [1.29, 1.82) is 0 Å². The highest BCUT2D eigenvalue weighted by Crippen LogP contribution is 2.27. The number of hydrogen-bond donors (Lipinski definition) is 1. The van der Waals surface area contributed by atoms with Crippen LogP contribution in [0.5, 0.6) is 17.5 Å². The lowest BCUT2D eigenvalue weighted by molar-refractivity contribution is 0.223. The Morgan fingerprint density at radius 3 is 2.21 bits per heavy atom. The van der Waals surface area contributed by atoms with Gasteiger partial charge in [-0.25, -0.2) is 0 Å². The van der Waals surface area contributed by atoms with Crippen molar-refractivity contribution < 1.29 is 14.2 Å². The van der Waals surface area contributed by atoms with Crippen LogP contribution in [-0.2, 0) is 6.54 Å². The first-order valence-electron chi connectivity index (χ1n) is 12.6. The second-order valence-corrected chi connectivity index (χ2v) is 8.42. The number of aryl methyl sites for hydroxylation is 1. The van der Waals surface area contributed by atoms with E-state index in [-0.39, 0.29) is 11.5 Å². The van der Waals surface area contributed by atoms with Crippen molar-refractivity contribution in [2.24, 2.45) is 0 Å². The summed E-state index contributed by atoms with van der Waals surface area (Å²) in [4.78, 5) is 24.5. The van der Waals surface area contributed by atoms with E-state index in [1.807, 2.05) is 31.2 Å². The van der Waals surface area contributed by atoms with Crippen molar-refractivity contribution in [3.8, 4) is 28.6 Å². The Morgan fingerprint density at radius 1 is 0.921 bits per heavy atom. The van der Waals surface area contributed by atoms with Crippen LogP contribution in [0.1, 0.15) is 20.8 Å². The fraction of sp³-hybridized carbons (Fsp3) is 0.370. The minimum atomic E-state index is -0.215. The maximum Gasteiger partial charge on any atom is 0.260 e. The van der Waals surface area contributed by atoms with Crippen molar-refractivity contribution >= 4 is 22.8 Å². The molecule has 0 bridgehead atoms. The fourth-order valence-corrected chi connectivity index (χ4v) is 4.05. The van der Waals surface area contributed by atoms with Crippen molar-refractivity contribution in [3.05, 3.63) is 52.8 Å². The maximum atomic E-state index is 13.4. The number of fused-ring (bicyclic) bond motifs is 1. The predicted octanol–water partition coefficient (Wildman–Crippen LogP) is 3.75. The Bertz CT molecular complexity index is 1410. The van der Waals surface area contributed by atoms with Gasteiger partial charge in [0.05, 0.1) is 14.2 Å². The molecular weight excluding hydrogens is 486 g/mol. The van der Waals surface area contributed by atoms with Gasteiger partial charge >= 0.3 is 0 Å². The molecule has 3 aromatic heterocycles. The summed E-state index contributed by atoms with van der Waals surface area (Å²) in [6.07, 6.45) is 0. The summed E-state index contributed by atoms with van der Waals surface area (Å²) in [7, 11) is 3.02. The third kappa shape index (κ3) is 6.00. The first-order valence-corrected chi connectivity index (χ1v) is 12.6. The van der Waals surface area contributed by atoms with Gasteiger partial charge in [-0.05, 0) is 55.9 Å². The third-order valence-electron chi connectivity index (χ3n) is 6.21. The van der Waals surface area contributed by atoms with E-state index in [0.29, 0.717) is 47.2 Å². The van der Waals surface area contributed by atoms with E-state index < -0.39 is 0 Å². The van der Waals surface area contributed by atoms with Crippen LogP contribution in [0.4, 0.5) is 11.6 Å². The summed E-state index contributed by atoms with van der Waals surface area (Å²) in [5.74, 6) is 1.75. The predicted molar refractivity (Wildman–Crippen MR) is 147 cm³/mol. The largest absolute Gasteiger partial charge is 0.492 e. The lowest BCUT2D eigenvalue weighted by Crippen LogP contribution is -2.27. The first-order chi connectivity index (χ1) is 18.5. The number of hydrogen-bond acceptors (Lipinski definition) is 10. The average Bonchev–Trinajstić information content (AvgIpc) is 2.95. The fourth-order valence-electron chi connectivity index (χ4n) is 4.05. The van der Waals surface area contributed by atoms with Gasteiger partial charge in [-0.2, -0.15) is 9.97 Å². The van der Waals surface area contributed by atoms with Gasteiger partial charge in [0.15, 0.2) is 5.65 Å². The number of ether oxygens (including phenoxy) is 3. The summed E-state index contributed by atoms with van der Waals surface area (Å²) in [5, 5.41) is 11.7. The van der Waals surface area contributed by atoms with Crippen LogP contribution in [0.25, 0.3) is 22.3 Å². The molecular formula is C27H33N7O4. The normalized spacial score (nSPS) is 11.1. The highest BCUT2D eigenvalue weighted by Gasteiger charge is 2.16. The Kier molecular flexibility index (Phi) is 8.70. The molecule has 3 heterocycles. The standard InChI is InChI=1S/C27H33N7O4/c1-6-33(7-2)13-14-38-20-11-9-19(10-12-20)28-27-30-25-22(31-32-27)17-21(26(35)34(25)8-3)18-15-23(36-4)29-24(16-18)37-5/h9-12,15-17H,6-8,13-14H2,1-5H3,(H,28,30,32). The lowest BCUT2D eigenvalue weighted by atomic mass is 10.1. The molecule has 0 aliphatic heterocycles. The minimum absolute atomic E-state index is 0.215. The van der Waals surface area contributed by atoms with Crippen LogP contribution >= 0.6 is 0 Å². The van der Waals surface area contributed by atoms with Gasteiger partial charge in [0, 0.05) is 36.5 Å². The molecule has 11 heteroatoms. The number of anilines is 2. The van der Waals surface area contributed by atoms with Crippen LogP contribution in [-0.4, -0.2) is 70.1 Å². The molecule has 0 saturated carbocycles. The summed E-state index contributed by atoms with van der Waals surface area (Å²) in [5.41, 5.74) is 2.51. The van der Waals surface area contributed by atoms with Gasteiger partial charge in [0.2, 0.25) is 17.7 Å². The minimum Gasteiger partial charge on any atom is -0.492 e. The zero-order chi connectivity index (χ0) is 27.1. The number of pyridine rings is 2. The molecule has 0 aliphatic rings. The molecule has 200 valence electrons. The zero-order valence-corrected chi connectivity index (χ0v) is 22.4. The van der Waals surface area contributed by atoms with Crippen LogP contribution < -0.4 is 25.1 Å². The van der Waals surface area contributed by atoms with Gasteiger partial charge in [-0.1, -0.05) is 13.8 Å². The van der Waals surface area contributed by atoms with Crippen molar-refractivity contribution in [2.45, 2.75) is 27.3 Å². The van der Waals surface area contributed by atoms with Crippen LogP contribution in [0.2, 0.25) is 0 Å². The quantitative estimate of drug-likeness (QED) is 0.297. The highest BCUT2D eigenvalue weighted by molar-refractivity contribution is 5.79. The molecule has 1 aromatic carbocycles. The van der Waals surface area contributed by atoms with E-state index in [2.05, 4.69) is 44.2 Å². The molecule has 0 atom stereocenters. The zero-order valence-electron chi connectivity index (χ0n) is 22.4. The number of nitrogens with zero attached hydrogens (tertiary/aromatic N) is 6. The third-order valence-corrected chi connectivity index (χ3v) is 6.21. The number of aromatic nitrogens is 5. The number of rotatable bonds is 12. The first kappa shape index (κ1) is 26.8. The summed E-state index contributed by atoms with van der Waals surface area (Å²) < 4.78 is 17.9. The van der Waals surface area contributed by atoms with Gasteiger partial charge in [0.1, 0.15) is 17.9 Å². The van der Waals surface area contributed by atoms with E-state index >= 15 is 0 Å². The molecule has 0 aliphatic carbocycles. The summed E-state index contributed by atoms with van der Waals surface area (Å²) >= 11 is 0. The number of methoxy groups -OCH3 is 2. The average molecular weight is 520 g/mol. The Morgan fingerprint density at radius 2 is 1.61 bits per heavy atom. The summed E-state index contributed by atoms with van der Waals surface area (Å²) in [6, 6.07) is 12.6. The van der Waals surface area contributed by atoms with Crippen molar-refractivity contribution in [1.82, 2.24) is 29.6 Å². The van der Waals surface area contributed by atoms with Gasteiger partial charge in [0.25, 0.3) is 5.56 Å². The highest BCUT2D eigenvalue weighted by atomic mass is 16.5. The van der Waals surface area contributed by atoms with Gasteiger partial charge in [-0.15, -0.1) is 10.2 Å². The Hall–Kier alpha value is -4.25. The number of likely N-dealkylation sites (N-methyl/N-ethyl adjacent to an activating group) is 1. The number of benzene rings is 1. The summed E-state index contributed by atoms with van der Waals surface area (Å²) in [6.45, 7) is 10.1. The van der Waals surface area contributed by atoms with Crippen LogP contribution in [0.3, 0.4) is 0 Å². The second-order valence-electron chi connectivity index (χ2n) is 8.42. The SMILES string of the molecule is CCN(CC)CCOc1ccc(Nc2nnc3cc(-c4cc(OC)nc(OC)c4)c(=O)n(CC)c3n2)cc1. The van der Waals surface area contributed by atoms with Gasteiger partial charge < -0.3 is 24.4 Å². The lowest BCUT2D eigenvalue weighted by Gasteiger charge is -2.18. The molecule has 4 aromatic rings. The van der Waals surface area contributed by atoms with Gasteiger partial charge in [-0.3, -0.25) is 9.36 Å². The van der Waals surface area contributed by atoms with E-state index in [1.54, 1.807) is 22.8 Å². The maximum absolute atomic E-state index is 13.4. The second kappa shape index (κ2) is 12.3. The Balaban J connectivity index is 1.57. The van der Waals surface area contributed by atoms with Crippen molar-refractivity contribution in [2.75, 3.05) is 45.8 Å². The number of nitrogens with one attached hydrogen (secondary N) is 1. The topological polar surface area (TPSA) is 117 Å². The molecule has 11 nitrogen and oxygen atoms in total. The molecule has 0 amide bonds. The van der Waals surface area contributed by atoms with E-state index in [1.165, 1.54) is 14.2 Å². The molecule has 38 heavy (non-hydrogen) atoms. The van der Waals surface area contributed by atoms with Crippen LogP contribution in [0.15, 0.2) is 47.3 Å². The molecule has 0 radical (unpaired) electrons. The molecule has 0 spiro atoms. The molecule has 0 unspecified atom stereocenters. The Labute approximate surface area is 221 Å². The smallest absolute Gasteiger partial charge is 0.260 e.